The van der Waals surface area contributed by atoms with E-state index < -0.39 is 5.97 Å². The van der Waals surface area contributed by atoms with Crippen LogP contribution in [0.5, 0.6) is 34.5 Å². The Morgan fingerprint density at radius 1 is 0.794 bits per heavy atom. The van der Waals surface area contributed by atoms with Crippen LogP contribution in [0, 0.1) is 6.92 Å². The molecule has 0 radical (unpaired) electrons. The Bertz CT molecular complexity index is 1400. The van der Waals surface area contributed by atoms with E-state index in [4.69, 9.17) is 28.1 Å². The number of benzene rings is 3. The highest BCUT2D eigenvalue weighted by molar-refractivity contribution is 5.97. The molecule has 0 fully saturated rings. The number of hydrogen-bond acceptors (Lipinski definition) is 8. The molecule has 1 aromatic heterocycles. The first-order chi connectivity index (χ1) is 16.4. The molecule has 174 valence electrons. The third kappa shape index (κ3) is 4.38. The van der Waals surface area contributed by atoms with Crippen LogP contribution in [0.1, 0.15) is 16.1 Å². The van der Waals surface area contributed by atoms with E-state index in [1.165, 1.54) is 32.4 Å². The highest BCUT2D eigenvalue weighted by Gasteiger charge is 2.21. The first-order valence-corrected chi connectivity index (χ1v) is 10.3. The molecule has 0 saturated heterocycles. The predicted molar refractivity (Wildman–Crippen MR) is 125 cm³/mol. The Labute approximate surface area is 195 Å². The van der Waals surface area contributed by atoms with Gasteiger partial charge in [0, 0.05) is 12.1 Å². The maximum absolute atomic E-state index is 13.1. The number of fused-ring (bicyclic) bond motifs is 1. The van der Waals surface area contributed by atoms with Crippen molar-refractivity contribution in [3.63, 3.8) is 0 Å². The third-order valence-electron chi connectivity index (χ3n) is 5.09. The summed E-state index contributed by atoms with van der Waals surface area (Å²) < 4.78 is 32.9. The van der Waals surface area contributed by atoms with Crippen LogP contribution in [0.4, 0.5) is 0 Å². The maximum atomic E-state index is 13.1. The molecule has 3 aromatic carbocycles. The van der Waals surface area contributed by atoms with E-state index >= 15 is 0 Å². The second kappa shape index (κ2) is 9.58. The molecule has 0 aliphatic carbocycles. The van der Waals surface area contributed by atoms with E-state index in [-0.39, 0.29) is 39.2 Å². The lowest BCUT2D eigenvalue weighted by Crippen LogP contribution is -2.12. The van der Waals surface area contributed by atoms with Gasteiger partial charge in [0.25, 0.3) is 0 Å². The molecule has 0 bridgehead atoms. The van der Waals surface area contributed by atoms with Crippen LogP contribution in [0.3, 0.4) is 0 Å². The third-order valence-corrected chi connectivity index (χ3v) is 5.09. The molecule has 0 atom stereocenters. The van der Waals surface area contributed by atoms with Gasteiger partial charge in [0.1, 0.15) is 45.7 Å². The normalized spacial score (nSPS) is 10.6. The summed E-state index contributed by atoms with van der Waals surface area (Å²) in [5.74, 6) is 1.50. The monoisotopic (exact) mass is 462 g/mol. The number of hydrogen-bond donors (Lipinski definition) is 0. The minimum Gasteiger partial charge on any atom is -0.497 e. The lowest BCUT2D eigenvalue weighted by atomic mass is 10.1. The number of carbonyl (C=O) groups excluding carboxylic acids is 1. The quantitative estimate of drug-likeness (QED) is 0.275. The van der Waals surface area contributed by atoms with Crippen LogP contribution < -0.4 is 29.1 Å². The molecule has 0 amide bonds. The first-order valence-electron chi connectivity index (χ1n) is 10.3. The van der Waals surface area contributed by atoms with Crippen LogP contribution in [0.2, 0.25) is 0 Å². The minimum absolute atomic E-state index is 0.0595. The highest BCUT2D eigenvalue weighted by atomic mass is 16.5. The van der Waals surface area contributed by atoms with Gasteiger partial charge in [0.05, 0.1) is 26.7 Å². The van der Waals surface area contributed by atoms with Crippen LogP contribution in [-0.2, 0) is 0 Å². The van der Waals surface area contributed by atoms with Crippen molar-refractivity contribution in [2.75, 3.05) is 21.3 Å². The minimum atomic E-state index is -0.675. The summed E-state index contributed by atoms with van der Waals surface area (Å²) >= 11 is 0. The van der Waals surface area contributed by atoms with Crippen LogP contribution in [-0.4, -0.2) is 27.3 Å². The Balaban J connectivity index is 1.66. The Morgan fingerprint density at radius 3 is 2.15 bits per heavy atom. The molecule has 0 saturated carbocycles. The Kier molecular flexibility index (Phi) is 6.40. The number of aryl methyl sites for hydroxylation is 1. The second-order valence-corrected chi connectivity index (χ2v) is 7.18. The standard InChI is InChI=1S/C26H22O8/c1-15-25(33-17-8-5-7-16(13-17)29-2)24(27)19-12-11-18(14-22(19)32-15)34-26(28)23-20(30-3)9-6-10-21(23)31-4/h5-14H,1-4H3. The fraction of sp³-hybridized carbons (Fsp3) is 0.154. The number of esters is 1. The molecule has 8 nitrogen and oxygen atoms in total. The zero-order valence-electron chi connectivity index (χ0n) is 19.0. The Morgan fingerprint density at radius 2 is 1.47 bits per heavy atom. The summed E-state index contributed by atoms with van der Waals surface area (Å²) in [6, 6.07) is 16.3. The zero-order valence-corrected chi connectivity index (χ0v) is 19.0. The Hall–Kier alpha value is -4.46. The van der Waals surface area contributed by atoms with Crippen molar-refractivity contribution in [2.45, 2.75) is 6.92 Å². The summed E-state index contributed by atoms with van der Waals surface area (Å²) in [7, 11) is 4.44. The van der Waals surface area contributed by atoms with Gasteiger partial charge in [-0.05, 0) is 43.3 Å². The van der Waals surface area contributed by atoms with E-state index in [0.29, 0.717) is 23.0 Å². The fourth-order valence-electron chi connectivity index (χ4n) is 3.44. The molecular formula is C26H22O8. The smallest absolute Gasteiger partial charge is 0.351 e. The molecule has 0 unspecified atom stereocenters. The number of rotatable bonds is 7. The maximum Gasteiger partial charge on any atom is 0.351 e. The molecule has 1 heterocycles. The van der Waals surface area contributed by atoms with Crippen molar-refractivity contribution in [3.8, 4) is 34.5 Å². The first kappa shape index (κ1) is 22.7. The highest BCUT2D eigenvalue weighted by Crippen LogP contribution is 2.31. The van der Waals surface area contributed by atoms with Crippen molar-refractivity contribution in [2.24, 2.45) is 0 Å². The predicted octanol–water partition coefficient (Wildman–Crippen LogP) is 5.14. The number of methoxy groups -OCH3 is 3. The van der Waals surface area contributed by atoms with Crippen LogP contribution in [0.25, 0.3) is 11.0 Å². The molecular weight excluding hydrogens is 440 g/mol. The van der Waals surface area contributed by atoms with E-state index in [0.717, 1.165) is 0 Å². The van der Waals surface area contributed by atoms with Crippen molar-refractivity contribution >= 4 is 16.9 Å². The summed E-state index contributed by atoms with van der Waals surface area (Å²) in [6.07, 6.45) is 0. The van der Waals surface area contributed by atoms with Gasteiger partial charge in [-0.3, -0.25) is 4.79 Å². The molecule has 0 spiro atoms. The van der Waals surface area contributed by atoms with E-state index in [1.807, 2.05) is 0 Å². The van der Waals surface area contributed by atoms with Crippen LogP contribution in [0.15, 0.2) is 69.9 Å². The van der Waals surface area contributed by atoms with Gasteiger partial charge in [-0.15, -0.1) is 0 Å². The molecule has 4 aromatic rings. The summed E-state index contributed by atoms with van der Waals surface area (Å²) in [4.78, 5) is 25.9. The van der Waals surface area contributed by atoms with Gasteiger partial charge in [-0.1, -0.05) is 12.1 Å². The van der Waals surface area contributed by atoms with Gasteiger partial charge >= 0.3 is 5.97 Å². The van der Waals surface area contributed by atoms with Gasteiger partial charge < -0.3 is 28.1 Å². The number of carbonyl (C=O) groups is 1. The van der Waals surface area contributed by atoms with Gasteiger partial charge in [0.15, 0.2) is 0 Å². The molecule has 0 N–H and O–H groups in total. The van der Waals surface area contributed by atoms with Gasteiger partial charge in [-0.25, -0.2) is 4.79 Å². The largest absolute Gasteiger partial charge is 0.497 e. The number of ether oxygens (including phenoxy) is 5. The summed E-state index contributed by atoms with van der Waals surface area (Å²) in [5.41, 5.74) is 0.0379. The van der Waals surface area contributed by atoms with Crippen molar-refractivity contribution in [1.29, 1.82) is 0 Å². The molecule has 34 heavy (non-hydrogen) atoms. The fourth-order valence-corrected chi connectivity index (χ4v) is 3.44. The average Bonchev–Trinajstić information content (AvgIpc) is 2.85. The lowest BCUT2D eigenvalue weighted by molar-refractivity contribution is 0.0727. The van der Waals surface area contributed by atoms with Crippen molar-refractivity contribution < 1.29 is 32.9 Å². The van der Waals surface area contributed by atoms with E-state index in [2.05, 4.69) is 0 Å². The van der Waals surface area contributed by atoms with Gasteiger partial charge in [-0.2, -0.15) is 0 Å². The topological polar surface area (TPSA) is 93.4 Å². The SMILES string of the molecule is COc1cccc(Oc2c(C)oc3cc(OC(=O)c4c(OC)cccc4OC)ccc3c2=O)c1. The molecule has 4 rings (SSSR count). The van der Waals surface area contributed by atoms with Crippen molar-refractivity contribution in [1.82, 2.24) is 0 Å². The average molecular weight is 462 g/mol. The van der Waals surface area contributed by atoms with E-state index in [1.54, 1.807) is 56.5 Å². The molecule has 8 heteroatoms. The van der Waals surface area contributed by atoms with Crippen molar-refractivity contribution in [3.05, 3.63) is 82.2 Å². The van der Waals surface area contributed by atoms with E-state index in [9.17, 15) is 9.59 Å². The zero-order chi connectivity index (χ0) is 24.2. The lowest BCUT2D eigenvalue weighted by Gasteiger charge is -2.13. The summed E-state index contributed by atoms with van der Waals surface area (Å²) in [5, 5.41) is 0.276. The molecule has 0 aliphatic rings. The second-order valence-electron chi connectivity index (χ2n) is 7.18. The van der Waals surface area contributed by atoms with Crippen LogP contribution >= 0.6 is 0 Å². The van der Waals surface area contributed by atoms with Gasteiger partial charge in [0.2, 0.25) is 11.2 Å². The molecule has 0 aliphatic heterocycles. The summed E-state index contributed by atoms with van der Waals surface area (Å²) in [6.45, 7) is 1.62.